The molecule has 0 aliphatic rings. The molecule has 0 amide bonds. The average Bonchev–Trinajstić information content (AvgIpc) is 2.94. The highest BCUT2D eigenvalue weighted by molar-refractivity contribution is 5.77. The number of hydrogen-bond acceptors (Lipinski definition) is 5. The minimum absolute atomic E-state index is 0.308. The lowest BCUT2D eigenvalue weighted by Crippen LogP contribution is -2.01. The number of imidazole rings is 1. The van der Waals surface area contributed by atoms with E-state index in [2.05, 4.69) is 20.2 Å². The molecule has 0 N–H and O–H groups in total. The number of nitrogens with zero attached hydrogens (tertiary/aromatic N) is 5. The van der Waals surface area contributed by atoms with Crippen molar-refractivity contribution in [3.8, 4) is 17.3 Å². The van der Waals surface area contributed by atoms with Crippen LogP contribution in [0.25, 0.3) is 28.2 Å². The number of pyridine rings is 1. The summed E-state index contributed by atoms with van der Waals surface area (Å²) in [6, 6.07) is 8.69. The van der Waals surface area contributed by atoms with Gasteiger partial charge in [0.1, 0.15) is 11.3 Å². The molecule has 1 aromatic carbocycles. The smallest absolute Gasteiger partial charge is 0.215 e. The second-order valence-corrected chi connectivity index (χ2v) is 5.51. The summed E-state index contributed by atoms with van der Waals surface area (Å²) in [5.41, 5.74) is 3.26. The zero-order valence-corrected chi connectivity index (χ0v) is 13.4. The molecule has 6 nitrogen and oxygen atoms in total. The first-order chi connectivity index (χ1) is 11.6. The van der Waals surface area contributed by atoms with Crippen LogP contribution in [0.1, 0.15) is 11.3 Å². The number of aromatic nitrogens is 5. The van der Waals surface area contributed by atoms with Gasteiger partial charge in [-0.1, -0.05) is 12.1 Å². The summed E-state index contributed by atoms with van der Waals surface area (Å²) in [4.78, 5) is 8.96. The van der Waals surface area contributed by atoms with Crippen molar-refractivity contribution in [1.82, 2.24) is 24.6 Å². The monoisotopic (exact) mass is 323 g/mol. The van der Waals surface area contributed by atoms with Crippen molar-refractivity contribution in [3.05, 3.63) is 47.4 Å². The molecular weight excluding hydrogens is 309 g/mol. The second-order valence-electron chi connectivity index (χ2n) is 5.51. The molecule has 120 valence electrons. The number of halogens is 1. The fourth-order valence-electron chi connectivity index (χ4n) is 2.72. The summed E-state index contributed by atoms with van der Waals surface area (Å²) in [5, 5.41) is 8.38. The van der Waals surface area contributed by atoms with E-state index in [1.54, 1.807) is 48.8 Å². The Kier molecular flexibility index (Phi) is 3.16. The van der Waals surface area contributed by atoms with Crippen molar-refractivity contribution in [1.29, 1.82) is 0 Å². The zero-order chi connectivity index (χ0) is 16.8. The molecule has 0 saturated heterocycles. The van der Waals surface area contributed by atoms with E-state index >= 15 is 0 Å². The molecular formula is C17H14FN5O. The molecule has 0 radical (unpaired) electrons. The topological polar surface area (TPSA) is 65.2 Å². The molecule has 4 rings (SSSR count). The highest BCUT2D eigenvalue weighted by Crippen LogP contribution is 2.28. The predicted octanol–water partition coefficient (Wildman–Crippen LogP) is 3.10. The van der Waals surface area contributed by atoms with Crippen LogP contribution in [0.15, 0.2) is 30.3 Å². The van der Waals surface area contributed by atoms with Gasteiger partial charge in [0, 0.05) is 6.07 Å². The van der Waals surface area contributed by atoms with Gasteiger partial charge in [0.25, 0.3) is 0 Å². The third-order valence-electron chi connectivity index (χ3n) is 3.96. The molecule has 0 saturated carbocycles. The molecule has 0 aliphatic carbocycles. The first kappa shape index (κ1) is 14.5. The van der Waals surface area contributed by atoms with Crippen molar-refractivity contribution in [2.45, 2.75) is 13.8 Å². The van der Waals surface area contributed by atoms with E-state index < -0.39 is 0 Å². The molecule has 4 aromatic rings. The second kappa shape index (κ2) is 5.23. The highest BCUT2D eigenvalue weighted by atomic mass is 19.1. The number of methoxy groups -OCH3 is 1. The quantitative estimate of drug-likeness (QED) is 0.567. The molecule has 0 spiro atoms. The SMILES string of the molecule is COc1ccc2nnc3c(C)nc(-c4cccc(C)c4F)n3c2n1. The van der Waals surface area contributed by atoms with E-state index in [-0.39, 0.29) is 5.82 Å². The van der Waals surface area contributed by atoms with Crippen LogP contribution in [0.2, 0.25) is 0 Å². The summed E-state index contributed by atoms with van der Waals surface area (Å²) in [7, 11) is 1.54. The highest BCUT2D eigenvalue weighted by Gasteiger charge is 2.19. The minimum Gasteiger partial charge on any atom is -0.481 e. The van der Waals surface area contributed by atoms with Crippen molar-refractivity contribution in [3.63, 3.8) is 0 Å². The largest absolute Gasteiger partial charge is 0.481 e. The maximum Gasteiger partial charge on any atom is 0.215 e. The Bertz CT molecular complexity index is 1090. The Balaban J connectivity index is 2.16. The molecule has 0 atom stereocenters. The van der Waals surface area contributed by atoms with E-state index in [0.29, 0.717) is 45.3 Å². The van der Waals surface area contributed by atoms with Crippen LogP contribution >= 0.6 is 0 Å². The Labute approximate surface area is 137 Å². The van der Waals surface area contributed by atoms with Gasteiger partial charge in [0.2, 0.25) is 5.88 Å². The summed E-state index contributed by atoms with van der Waals surface area (Å²) in [6.45, 7) is 3.54. The number of fused-ring (bicyclic) bond motifs is 3. The summed E-state index contributed by atoms with van der Waals surface area (Å²) < 4.78 is 21.6. The van der Waals surface area contributed by atoms with Crippen LogP contribution in [-0.2, 0) is 0 Å². The van der Waals surface area contributed by atoms with E-state index in [9.17, 15) is 4.39 Å². The lowest BCUT2D eigenvalue weighted by atomic mass is 10.1. The van der Waals surface area contributed by atoms with Gasteiger partial charge in [-0.05, 0) is 31.5 Å². The van der Waals surface area contributed by atoms with Crippen LogP contribution in [0.3, 0.4) is 0 Å². The first-order valence-corrected chi connectivity index (χ1v) is 7.42. The van der Waals surface area contributed by atoms with Gasteiger partial charge in [-0.2, -0.15) is 4.98 Å². The van der Waals surface area contributed by atoms with Gasteiger partial charge in [-0.15, -0.1) is 10.2 Å². The summed E-state index contributed by atoms with van der Waals surface area (Å²) in [6.07, 6.45) is 0. The maximum absolute atomic E-state index is 14.6. The molecule has 0 fully saturated rings. The molecule has 0 bridgehead atoms. The average molecular weight is 323 g/mol. The van der Waals surface area contributed by atoms with Crippen molar-refractivity contribution in [2.75, 3.05) is 7.11 Å². The maximum atomic E-state index is 14.6. The number of rotatable bonds is 2. The molecule has 0 aliphatic heterocycles. The van der Waals surface area contributed by atoms with Gasteiger partial charge >= 0.3 is 0 Å². The van der Waals surface area contributed by atoms with Crippen LogP contribution in [0, 0.1) is 19.7 Å². The first-order valence-electron chi connectivity index (χ1n) is 7.42. The number of benzene rings is 1. The fourth-order valence-corrected chi connectivity index (χ4v) is 2.72. The Morgan fingerprint density at radius 3 is 2.62 bits per heavy atom. The van der Waals surface area contributed by atoms with Gasteiger partial charge < -0.3 is 4.74 Å². The molecule has 7 heteroatoms. The van der Waals surface area contributed by atoms with Gasteiger partial charge in [-0.25, -0.2) is 9.37 Å². The fraction of sp³-hybridized carbons (Fsp3) is 0.176. The van der Waals surface area contributed by atoms with Crippen LogP contribution in [0.4, 0.5) is 4.39 Å². The van der Waals surface area contributed by atoms with Crippen molar-refractivity contribution < 1.29 is 9.13 Å². The number of hydrogen-bond donors (Lipinski definition) is 0. The lowest BCUT2D eigenvalue weighted by molar-refractivity contribution is 0.399. The Hall–Kier alpha value is -3.09. The molecule has 0 unspecified atom stereocenters. The normalized spacial score (nSPS) is 11.3. The third-order valence-corrected chi connectivity index (χ3v) is 3.96. The molecule has 3 heterocycles. The minimum atomic E-state index is -0.308. The van der Waals surface area contributed by atoms with Gasteiger partial charge in [0.15, 0.2) is 17.1 Å². The molecule has 3 aromatic heterocycles. The Morgan fingerprint density at radius 2 is 1.83 bits per heavy atom. The predicted molar refractivity (Wildman–Crippen MR) is 87.5 cm³/mol. The van der Waals surface area contributed by atoms with Gasteiger partial charge in [-0.3, -0.25) is 4.40 Å². The molecule has 24 heavy (non-hydrogen) atoms. The van der Waals surface area contributed by atoms with E-state index in [1.165, 1.54) is 0 Å². The van der Waals surface area contributed by atoms with E-state index in [4.69, 9.17) is 4.74 Å². The van der Waals surface area contributed by atoms with Gasteiger partial charge in [0.05, 0.1) is 18.4 Å². The van der Waals surface area contributed by atoms with Crippen molar-refractivity contribution >= 4 is 16.8 Å². The van der Waals surface area contributed by atoms with E-state index in [1.807, 2.05) is 6.92 Å². The zero-order valence-electron chi connectivity index (χ0n) is 13.4. The third kappa shape index (κ3) is 2.01. The standard InChI is InChI=1S/C17H14FN5O/c1-9-5-4-6-11(14(9)18)16-19-10(2)15-22-21-12-7-8-13(24-3)20-17(12)23(15)16/h4-8H,1-3H3. The number of ether oxygens (including phenoxy) is 1. The Morgan fingerprint density at radius 1 is 1.00 bits per heavy atom. The summed E-state index contributed by atoms with van der Waals surface area (Å²) >= 11 is 0. The lowest BCUT2D eigenvalue weighted by Gasteiger charge is -2.07. The van der Waals surface area contributed by atoms with Crippen LogP contribution in [0.5, 0.6) is 5.88 Å². The van der Waals surface area contributed by atoms with Crippen molar-refractivity contribution in [2.24, 2.45) is 0 Å². The van der Waals surface area contributed by atoms with Crippen LogP contribution < -0.4 is 4.74 Å². The number of aryl methyl sites for hydroxylation is 2. The van der Waals surface area contributed by atoms with E-state index in [0.717, 1.165) is 0 Å². The summed E-state index contributed by atoms with van der Waals surface area (Å²) in [5.74, 6) is 0.584. The van der Waals surface area contributed by atoms with Crippen LogP contribution in [-0.4, -0.2) is 31.7 Å².